The summed E-state index contributed by atoms with van der Waals surface area (Å²) in [4.78, 5) is 5.92. The smallest absolute Gasteiger partial charge is 0.180 e. The van der Waals surface area contributed by atoms with Gasteiger partial charge in [-0.1, -0.05) is 46.0 Å². The number of benzene rings is 1. The summed E-state index contributed by atoms with van der Waals surface area (Å²) < 4.78 is 11.5. The number of hydrogen-bond acceptors (Lipinski definition) is 5. The SMILES string of the molecule is COc1cc(C(C)C)cc(OC)c1-c1nc(N)sc1CCC1CCCCC1. The minimum atomic E-state index is 0.396. The van der Waals surface area contributed by atoms with Gasteiger partial charge in [-0.25, -0.2) is 4.98 Å². The van der Waals surface area contributed by atoms with Gasteiger partial charge >= 0.3 is 0 Å². The largest absolute Gasteiger partial charge is 0.496 e. The van der Waals surface area contributed by atoms with Gasteiger partial charge in [-0.2, -0.15) is 0 Å². The predicted octanol–water partition coefficient (Wildman–Crippen LogP) is 6.05. The number of methoxy groups -OCH3 is 2. The van der Waals surface area contributed by atoms with E-state index in [-0.39, 0.29) is 0 Å². The highest BCUT2D eigenvalue weighted by molar-refractivity contribution is 7.15. The monoisotopic (exact) mass is 388 g/mol. The molecule has 2 N–H and O–H groups in total. The van der Waals surface area contributed by atoms with Crippen LogP contribution in [0.4, 0.5) is 5.13 Å². The Morgan fingerprint density at radius 2 is 1.74 bits per heavy atom. The number of nitrogens with zero attached hydrogens (tertiary/aromatic N) is 1. The van der Waals surface area contributed by atoms with Crippen molar-refractivity contribution < 1.29 is 9.47 Å². The summed E-state index contributed by atoms with van der Waals surface area (Å²) >= 11 is 1.60. The first-order valence-electron chi connectivity index (χ1n) is 10.0. The Balaban J connectivity index is 1.95. The first-order valence-corrected chi connectivity index (χ1v) is 10.9. The van der Waals surface area contributed by atoms with Gasteiger partial charge in [0, 0.05) is 4.88 Å². The van der Waals surface area contributed by atoms with E-state index in [9.17, 15) is 0 Å². The summed E-state index contributed by atoms with van der Waals surface area (Å²) in [6.45, 7) is 4.34. The molecule has 4 nitrogen and oxygen atoms in total. The molecule has 0 radical (unpaired) electrons. The van der Waals surface area contributed by atoms with Crippen LogP contribution in [0.1, 0.15) is 68.7 Å². The van der Waals surface area contributed by atoms with Crippen LogP contribution in [0.15, 0.2) is 12.1 Å². The van der Waals surface area contributed by atoms with Crippen LogP contribution in [0.5, 0.6) is 11.5 Å². The lowest BCUT2D eigenvalue weighted by molar-refractivity contribution is 0.340. The van der Waals surface area contributed by atoms with E-state index in [1.165, 1.54) is 49.0 Å². The van der Waals surface area contributed by atoms with Crippen molar-refractivity contribution in [3.8, 4) is 22.8 Å². The van der Waals surface area contributed by atoms with Crippen LogP contribution in [-0.4, -0.2) is 19.2 Å². The number of hydrogen-bond donors (Lipinski definition) is 1. The van der Waals surface area contributed by atoms with E-state index in [1.807, 2.05) is 0 Å². The van der Waals surface area contributed by atoms with Crippen molar-refractivity contribution >= 4 is 16.5 Å². The van der Waals surface area contributed by atoms with E-state index in [0.717, 1.165) is 35.1 Å². The third kappa shape index (κ3) is 4.57. The fourth-order valence-electron chi connectivity index (χ4n) is 4.04. The van der Waals surface area contributed by atoms with Gasteiger partial charge in [0.25, 0.3) is 0 Å². The summed E-state index contributed by atoms with van der Waals surface area (Å²) in [6.07, 6.45) is 9.10. The van der Waals surface area contributed by atoms with Gasteiger partial charge in [0.1, 0.15) is 11.5 Å². The van der Waals surface area contributed by atoms with Crippen LogP contribution in [0.25, 0.3) is 11.3 Å². The Bertz CT molecular complexity index is 739. The number of anilines is 1. The highest BCUT2D eigenvalue weighted by Gasteiger charge is 2.23. The van der Waals surface area contributed by atoms with Gasteiger partial charge in [-0.3, -0.25) is 0 Å². The van der Waals surface area contributed by atoms with Crippen molar-refractivity contribution in [1.29, 1.82) is 0 Å². The lowest BCUT2D eigenvalue weighted by Gasteiger charge is -2.21. The van der Waals surface area contributed by atoms with Crippen LogP contribution < -0.4 is 15.2 Å². The Morgan fingerprint density at radius 1 is 1.11 bits per heavy atom. The number of aryl methyl sites for hydroxylation is 1. The van der Waals surface area contributed by atoms with Gasteiger partial charge in [0.2, 0.25) is 0 Å². The number of aromatic nitrogens is 1. The molecule has 0 saturated heterocycles. The molecule has 1 fully saturated rings. The molecule has 1 aromatic carbocycles. The highest BCUT2D eigenvalue weighted by atomic mass is 32.1. The molecule has 1 aliphatic rings. The quantitative estimate of drug-likeness (QED) is 0.627. The molecule has 148 valence electrons. The molecule has 0 atom stereocenters. The van der Waals surface area contributed by atoms with Gasteiger partial charge in [-0.15, -0.1) is 11.3 Å². The van der Waals surface area contributed by atoms with E-state index in [4.69, 9.17) is 15.2 Å². The second kappa shape index (κ2) is 8.96. The number of nitrogens with two attached hydrogens (primary N) is 1. The van der Waals surface area contributed by atoms with Crippen molar-refractivity contribution in [2.75, 3.05) is 20.0 Å². The maximum absolute atomic E-state index is 6.11. The lowest BCUT2D eigenvalue weighted by Crippen LogP contribution is -2.07. The summed E-state index contributed by atoms with van der Waals surface area (Å²) in [5, 5.41) is 0.612. The third-order valence-corrected chi connectivity index (χ3v) is 6.59. The zero-order valence-corrected chi connectivity index (χ0v) is 17.8. The fraction of sp³-hybridized carbons (Fsp3) is 0.591. The maximum Gasteiger partial charge on any atom is 0.180 e. The van der Waals surface area contributed by atoms with Crippen LogP contribution in [0.2, 0.25) is 0 Å². The average Bonchev–Trinajstić information content (AvgIpc) is 3.06. The maximum atomic E-state index is 6.11. The van der Waals surface area contributed by atoms with E-state index < -0.39 is 0 Å². The van der Waals surface area contributed by atoms with Crippen molar-refractivity contribution in [3.63, 3.8) is 0 Å². The molecule has 2 aromatic rings. The Morgan fingerprint density at radius 3 is 2.30 bits per heavy atom. The molecule has 1 heterocycles. The van der Waals surface area contributed by atoms with Crippen molar-refractivity contribution in [3.05, 3.63) is 22.6 Å². The standard InChI is InChI=1S/C22H32N2O2S/c1-14(2)16-12-17(25-3)20(18(13-16)26-4)21-19(27-22(23)24-21)11-10-15-8-6-5-7-9-15/h12-15H,5-11H2,1-4H3,(H2,23,24). The molecule has 27 heavy (non-hydrogen) atoms. The minimum Gasteiger partial charge on any atom is -0.496 e. The summed E-state index contributed by atoms with van der Waals surface area (Å²) in [7, 11) is 3.42. The second-order valence-corrected chi connectivity index (χ2v) is 8.94. The average molecular weight is 389 g/mol. The van der Waals surface area contributed by atoms with Crippen LogP contribution in [0.3, 0.4) is 0 Å². The molecular formula is C22H32N2O2S. The molecule has 1 aromatic heterocycles. The van der Waals surface area contributed by atoms with Gasteiger partial charge in [-0.05, 0) is 42.4 Å². The summed E-state index contributed by atoms with van der Waals surface area (Å²) in [5.74, 6) is 2.85. The van der Waals surface area contributed by atoms with Crippen LogP contribution >= 0.6 is 11.3 Å². The van der Waals surface area contributed by atoms with E-state index in [2.05, 4.69) is 31.0 Å². The molecular weight excluding hydrogens is 356 g/mol. The second-order valence-electron chi connectivity index (χ2n) is 7.82. The Labute approximate surface area is 167 Å². The minimum absolute atomic E-state index is 0.396. The van der Waals surface area contributed by atoms with E-state index in [0.29, 0.717) is 11.0 Å². The first-order chi connectivity index (χ1) is 13.0. The van der Waals surface area contributed by atoms with E-state index >= 15 is 0 Å². The van der Waals surface area contributed by atoms with Gasteiger partial charge < -0.3 is 15.2 Å². The van der Waals surface area contributed by atoms with Gasteiger partial charge in [0.15, 0.2) is 5.13 Å². The van der Waals surface area contributed by atoms with Crippen molar-refractivity contribution in [2.45, 2.75) is 64.7 Å². The number of nitrogen functional groups attached to an aromatic ring is 1. The molecule has 1 saturated carbocycles. The molecule has 0 unspecified atom stereocenters. The molecule has 3 rings (SSSR count). The number of thiazole rings is 1. The number of ether oxygens (including phenoxy) is 2. The van der Waals surface area contributed by atoms with Crippen LogP contribution in [0, 0.1) is 5.92 Å². The zero-order valence-electron chi connectivity index (χ0n) is 17.0. The third-order valence-electron chi connectivity index (χ3n) is 5.65. The summed E-state index contributed by atoms with van der Waals surface area (Å²) in [6, 6.07) is 4.20. The van der Waals surface area contributed by atoms with E-state index in [1.54, 1.807) is 25.6 Å². The molecule has 0 amide bonds. The fourth-order valence-corrected chi connectivity index (χ4v) is 4.90. The lowest BCUT2D eigenvalue weighted by atomic mass is 9.86. The molecule has 1 aliphatic carbocycles. The summed E-state index contributed by atoms with van der Waals surface area (Å²) in [5.41, 5.74) is 9.16. The zero-order chi connectivity index (χ0) is 19.4. The Kier molecular flexibility index (Phi) is 6.64. The molecule has 0 aliphatic heterocycles. The van der Waals surface area contributed by atoms with Crippen molar-refractivity contribution in [1.82, 2.24) is 4.98 Å². The van der Waals surface area contributed by atoms with Gasteiger partial charge in [0.05, 0.1) is 25.5 Å². The van der Waals surface area contributed by atoms with Crippen molar-refractivity contribution in [2.24, 2.45) is 5.92 Å². The van der Waals surface area contributed by atoms with Crippen LogP contribution in [-0.2, 0) is 6.42 Å². The molecule has 0 bridgehead atoms. The highest BCUT2D eigenvalue weighted by Crippen LogP contribution is 2.44. The Hall–Kier alpha value is -1.75. The predicted molar refractivity (Wildman–Crippen MR) is 114 cm³/mol. The molecule has 0 spiro atoms. The topological polar surface area (TPSA) is 57.4 Å². The number of rotatable bonds is 7. The molecule has 5 heteroatoms. The first kappa shape index (κ1) is 20.0. The normalized spacial score (nSPS) is 15.3.